The Bertz CT molecular complexity index is 1450. The first kappa shape index (κ1) is 32.7. The second-order valence-corrected chi connectivity index (χ2v) is 9.58. The number of methoxy groups -OCH3 is 3. The molecule has 0 radical (unpaired) electrons. The molecule has 0 heterocycles. The van der Waals surface area contributed by atoms with Crippen LogP contribution in [0.4, 0.5) is 5.69 Å². The monoisotopic (exact) mass is 656 g/mol. The Balaban J connectivity index is 1.49. The number of carbonyl (C=O) groups is 3. The van der Waals surface area contributed by atoms with Gasteiger partial charge in [0.1, 0.15) is 5.75 Å². The Kier molecular flexibility index (Phi) is 12.6. The van der Waals surface area contributed by atoms with Crippen LogP contribution in [-0.2, 0) is 20.8 Å². The molecule has 3 N–H and O–H groups in total. The molecule has 0 bridgehead atoms. The highest BCUT2D eigenvalue weighted by molar-refractivity contribution is 9.10. The van der Waals surface area contributed by atoms with E-state index in [2.05, 4.69) is 37.1 Å². The molecular weight excluding hydrogens is 624 g/mol. The number of benzene rings is 3. The van der Waals surface area contributed by atoms with Crippen molar-refractivity contribution in [2.45, 2.75) is 13.3 Å². The molecule has 3 aromatic rings. The summed E-state index contributed by atoms with van der Waals surface area (Å²) in [6.45, 7) is 2.40. The number of nitrogens with zero attached hydrogens (tertiary/aromatic N) is 1. The molecule has 0 aromatic heterocycles. The third-order valence-electron chi connectivity index (χ3n) is 5.78. The first-order valence-corrected chi connectivity index (χ1v) is 13.9. The molecule has 0 aliphatic heterocycles. The van der Waals surface area contributed by atoms with E-state index in [1.807, 2.05) is 13.0 Å². The van der Waals surface area contributed by atoms with Gasteiger partial charge in [-0.1, -0.05) is 6.07 Å². The molecule has 0 fully saturated rings. The molecule has 3 rings (SSSR count). The molecule has 0 aliphatic carbocycles. The van der Waals surface area contributed by atoms with Crippen LogP contribution in [0.15, 0.2) is 64.2 Å². The highest BCUT2D eigenvalue weighted by Crippen LogP contribution is 2.36. The Hall–Kier alpha value is -4.78. The van der Waals surface area contributed by atoms with Crippen molar-refractivity contribution in [1.29, 1.82) is 0 Å². The predicted molar refractivity (Wildman–Crippen MR) is 164 cm³/mol. The highest BCUT2D eigenvalue weighted by Gasteiger charge is 2.15. The average molecular weight is 658 g/mol. The first-order chi connectivity index (χ1) is 20.8. The lowest BCUT2D eigenvalue weighted by molar-refractivity contribution is -0.139. The molecule has 3 aromatic carbocycles. The molecule has 3 amide bonds. The molecule has 0 spiro atoms. The lowest BCUT2D eigenvalue weighted by Gasteiger charge is -2.13. The van der Waals surface area contributed by atoms with Crippen LogP contribution in [0.3, 0.4) is 0 Å². The van der Waals surface area contributed by atoms with Crippen LogP contribution in [0.2, 0.25) is 0 Å². The van der Waals surface area contributed by atoms with E-state index in [-0.39, 0.29) is 19.1 Å². The van der Waals surface area contributed by atoms with Crippen molar-refractivity contribution in [3.8, 4) is 28.7 Å². The fourth-order valence-corrected chi connectivity index (χ4v) is 4.32. The van der Waals surface area contributed by atoms with Crippen LogP contribution in [0, 0.1) is 0 Å². The van der Waals surface area contributed by atoms with Gasteiger partial charge in [0.2, 0.25) is 0 Å². The number of carbonyl (C=O) groups excluding carboxylic acids is 3. The zero-order chi connectivity index (χ0) is 31.2. The fourth-order valence-electron chi connectivity index (χ4n) is 3.74. The van der Waals surface area contributed by atoms with Gasteiger partial charge in [0, 0.05) is 12.2 Å². The van der Waals surface area contributed by atoms with Gasteiger partial charge in [-0.05, 0) is 88.9 Å². The standard InChI is InChI=1S/C30H33BrN4O8/c1-5-42-22-9-7-21(8-10-22)34-27(36)18-43-28-23(31)14-20(16-26(28)41-4)17-33-35-30(38)29(37)32-13-12-19-6-11-24(39-2)25(15-19)40-3/h6-11,14-17H,5,12-13,18H2,1-4H3,(H,32,37)(H,34,36)(H,35,38)/b33-17-. The van der Waals surface area contributed by atoms with E-state index in [1.54, 1.807) is 62.8 Å². The second-order valence-electron chi connectivity index (χ2n) is 8.72. The molecule has 228 valence electrons. The average Bonchev–Trinajstić information content (AvgIpc) is 3.01. The lowest BCUT2D eigenvalue weighted by atomic mass is 10.1. The lowest BCUT2D eigenvalue weighted by Crippen LogP contribution is -2.38. The summed E-state index contributed by atoms with van der Waals surface area (Å²) >= 11 is 3.41. The summed E-state index contributed by atoms with van der Waals surface area (Å²) in [5.74, 6) is 0.391. The van der Waals surface area contributed by atoms with Crippen molar-refractivity contribution in [2.75, 3.05) is 46.4 Å². The summed E-state index contributed by atoms with van der Waals surface area (Å²) in [4.78, 5) is 36.7. The van der Waals surface area contributed by atoms with Gasteiger partial charge in [-0.3, -0.25) is 14.4 Å². The number of hydrazone groups is 1. The number of hydrogen-bond donors (Lipinski definition) is 3. The van der Waals surface area contributed by atoms with Crippen LogP contribution < -0.4 is 39.7 Å². The summed E-state index contributed by atoms with van der Waals surface area (Å²) in [6, 6.07) is 15.7. The quantitative estimate of drug-likeness (QED) is 0.135. The molecule has 0 saturated heterocycles. The number of amides is 3. The maximum absolute atomic E-state index is 12.4. The topological polar surface area (TPSA) is 146 Å². The van der Waals surface area contributed by atoms with Crippen molar-refractivity contribution < 1.29 is 38.1 Å². The number of halogens is 1. The van der Waals surface area contributed by atoms with Crippen LogP contribution >= 0.6 is 15.9 Å². The zero-order valence-corrected chi connectivity index (χ0v) is 25.8. The van der Waals surface area contributed by atoms with E-state index < -0.39 is 11.8 Å². The molecule has 0 saturated carbocycles. The molecular formula is C30H33BrN4O8. The summed E-state index contributed by atoms with van der Waals surface area (Å²) in [5, 5.41) is 9.14. The molecule has 0 aliphatic rings. The van der Waals surface area contributed by atoms with Gasteiger partial charge >= 0.3 is 11.8 Å². The highest BCUT2D eigenvalue weighted by atomic mass is 79.9. The molecule has 0 atom stereocenters. The first-order valence-electron chi connectivity index (χ1n) is 13.1. The van der Waals surface area contributed by atoms with Crippen molar-refractivity contribution in [3.05, 3.63) is 70.2 Å². The summed E-state index contributed by atoms with van der Waals surface area (Å²) in [5.41, 5.74) is 4.22. The summed E-state index contributed by atoms with van der Waals surface area (Å²) in [7, 11) is 4.54. The van der Waals surface area contributed by atoms with Gasteiger partial charge in [0.25, 0.3) is 5.91 Å². The van der Waals surface area contributed by atoms with Gasteiger partial charge in [-0.25, -0.2) is 5.43 Å². The van der Waals surface area contributed by atoms with Crippen molar-refractivity contribution in [2.24, 2.45) is 5.10 Å². The normalized spacial score (nSPS) is 10.5. The Morgan fingerprint density at radius 1 is 0.860 bits per heavy atom. The Labute approximate surface area is 257 Å². The summed E-state index contributed by atoms with van der Waals surface area (Å²) < 4.78 is 27.5. The van der Waals surface area contributed by atoms with Gasteiger partial charge < -0.3 is 34.3 Å². The van der Waals surface area contributed by atoms with E-state index in [0.29, 0.717) is 57.5 Å². The maximum Gasteiger partial charge on any atom is 0.329 e. The van der Waals surface area contributed by atoms with E-state index >= 15 is 0 Å². The molecule has 13 heteroatoms. The number of ether oxygens (including phenoxy) is 5. The Morgan fingerprint density at radius 2 is 1.58 bits per heavy atom. The van der Waals surface area contributed by atoms with Crippen LogP contribution in [0.5, 0.6) is 28.7 Å². The van der Waals surface area contributed by atoms with E-state index in [1.165, 1.54) is 13.3 Å². The van der Waals surface area contributed by atoms with Gasteiger partial charge in [0.15, 0.2) is 29.6 Å². The van der Waals surface area contributed by atoms with Gasteiger partial charge in [0.05, 0.1) is 38.6 Å². The fraction of sp³-hybridized carbons (Fsp3) is 0.267. The number of rotatable bonds is 14. The smallest absolute Gasteiger partial charge is 0.329 e. The second kappa shape index (κ2) is 16.6. The summed E-state index contributed by atoms with van der Waals surface area (Å²) in [6.07, 6.45) is 1.82. The van der Waals surface area contributed by atoms with Crippen LogP contribution in [-0.4, -0.2) is 65.0 Å². The molecule has 12 nitrogen and oxygen atoms in total. The van der Waals surface area contributed by atoms with Gasteiger partial charge in [-0.2, -0.15) is 5.10 Å². The Morgan fingerprint density at radius 3 is 2.26 bits per heavy atom. The van der Waals surface area contributed by atoms with E-state index in [4.69, 9.17) is 23.7 Å². The molecule has 43 heavy (non-hydrogen) atoms. The van der Waals surface area contributed by atoms with E-state index in [0.717, 1.165) is 5.56 Å². The minimum absolute atomic E-state index is 0.231. The largest absolute Gasteiger partial charge is 0.494 e. The maximum atomic E-state index is 12.4. The third-order valence-corrected chi connectivity index (χ3v) is 6.37. The van der Waals surface area contributed by atoms with Crippen LogP contribution in [0.25, 0.3) is 0 Å². The minimum atomic E-state index is -0.923. The predicted octanol–water partition coefficient (Wildman–Crippen LogP) is 3.70. The number of nitrogens with one attached hydrogen (secondary N) is 3. The zero-order valence-electron chi connectivity index (χ0n) is 24.2. The minimum Gasteiger partial charge on any atom is -0.494 e. The SMILES string of the molecule is CCOc1ccc(NC(=O)COc2c(Br)cc(/C=N\NC(=O)C(=O)NCCc3ccc(OC)c(OC)c3)cc2OC)cc1. The van der Waals surface area contributed by atoms with E-state index in [9.17, 15) is 14.4 Å². The van der Waals surface area contributed by atoms with Crippen LogP contribution in [0.1, 0.15) is 18.1 Å². The van der Waals surface area contributed by atoms with Crippen molar-refractivity contribution in [3.63, 3.8) is 0 Å². The van der Waals surface area contributed by atoms with Crippen molar-refractivity contribution >= 4 is 45.6 Å². The van der Waals surface area contributed by atoms with Gasteiger partial charge in [-0.15, -0.1) is 0 Å². The number of hydrogen-bond acceptors (Lipinski definition) is 9. The third kappa shape index (κ3) is 9.92. The van der Waals surface area contributed by atoms with Crippen molar-refractivity contribution in [1.82, 2.24) is 10.7 Å². The molecule has 0 unspecified atom stereocenters. The number of anilines is 1.